The van der Waals surface area contributed by atoms with Gasteiger partial charge < -0.3 is 20.1 Å². The van der Waals surface area contributed by atoms with E-state index < -0.39 is 30.3 Å². The quantitative estimate of drug-likeness (QED) is 0.579. The SMILES string of the molecule is CN/C(=C\CC(C)C(F)(F)F)Oc1cccc(C(=O)N2C[C@@H](O)[C@H](F)C2)c1. The molecule has 0 aromatic heterocycles. The molecule has 5 nitrogen and oxygen atoms in total. The van der Waals surface area contributed by atoms with Crippen molar-refractivity contribution in [2.24, 2.45) is 5.92 Å². The number of β-amino-alcohol motifs (C(OH)–C–C–N with tert-alkyl or cyclic N) is 1. The third-order valence-electron chi connectivity index (χ3n) is 4.28. The fourth-order valence-electron chi connectivity index (χ4n) is 2.53. The van der Waals surface area contributed by atoms with Crippen molar-refractivity contribution in [1.82, 2.24) is 10.2 Å². The molecule has 0 radical (unpaired) electrons. The van der Waals surface area contributed by atoms with Gasteiger partial charge in [0.15, 0.2) is 5.88 Å². The largest absolute Gasteiger partial charge is 0.442 e. The molecule has 2 rings (SSSR count). The number of hydrogen-bond acceptors (Lipinski definition) is 4. The Hall–Kier alpha value is -2.29. The predicted octanol–water partition coefficient (Wildman–Crippen LogP) is 2.87. The Morgan fingerprint density at radius 1 is 1.44 bits per heavy atom. The number of alkyl halides is 4. The summed E-state index contributed by atoms with van der Waals surface area (Å²) in [6.45, 7) is 0.788. The van der Waals surface area contributed by atoms with Crippen molar-refractivity contribution >= 4 is 5.91 Å². The average Bonchev–Trinajstić information content (AvgIpc) is 2.95. The van der Waals surface area contributed by atoms with Crippen molar-refractivity contribution in [2.75, 3.05) is 20.1 Å². The Labute approximate surface area is 154 Å². The summed E-state index contributed by atoms with van der Waals surface area (Å²) in [6.07, 6.45) is -5.96. The lowest BCUT2D eigenvalue weighted by molar-refractivity contribution is -0.168. The molecule has 1 amide bonds. The smallest absolute Gasteiger partial charge is 0.391 e. The molecule has 1 unspecified atom stereocenters. The number of halogens is 4. The number of hydrogen-bond donors (Lipinski definition) is 2. The van der Waals surface area contributed by atoms with Crippen LogP contribution in [0.3, 0.4) is 0 Å². The van der Waals surface area contributed by atoms with E-state index >= 15 is 0 Å². The van der Waals surface area contributed by atoms with Gasteiger partial charge >= 0.3 is 6.18 Å². The molecule has 2 N–H and O–H groups in total. The number of nitrogens with zero attached hydrogens (tertiary/aromatic N) is 1. The normalized spacial score (nSPS) is 21.9. The number of rotatable bonds is 6. The molecule has 0 spiro atoms. The number of benzene rings is 1. The van der Waals surface area contributed by atoms with Gasteiger partial charge in [0.25, 0.3) is 5.91 Å². The molecule has 27 heavy (non-hydrogen) atoms. The molecular weight excluding hydrogens is 368 g/mol. The van der Waals surface area contributed by atoms with Crippen LogP contribution in [0.1, 0.15) is 23.7 Å². The van der Waals surface area contributed by atoms with Gasteiger partial charge in [-0.1, -0.05) is 13.0 Å². The van der Waals surface area contributed by atoms with Gasteiger partial charge in [0.2, 0.25) is 0 Å². The van der Waals surface area contributed by atoms with Crippen molar-refractivity contribution in [1.29, 1.82) is 0 Å². The highest BCUT2D eigenvalue weighted by Crippen LogP contribution is 2.29. The van der Waals surface area contributed by atoms with Gasteiger partial charge in [-0.25, -0.2) is 4.39 Å². The number of ether oxygens (including phenoxy) is 1. The molecule has 9 heteroatoms. The summed E-state index contributed by atoms with van der Waals surface area (Å²) >= 11 is 0. The van der Waals surface area contributed by atoms with E-state index in [1.54, 1.807) is 12.1 Å². The van der Waals surface area contributed by atoms with Crippen LogP contribution in [0.15, 0.2) is 36.2 Å². The van der Waals surface area contributed by atoms with Gasteiger partial charge in [-0.2, -0.15) is 13.2 Å². The first kappa shape index (κ1) is 21.0. The molecule has 1 aliphatic rings. The molecule has 1 aromatic rings. The van der Waals surface area contributed by atoms with Crippen molar-refractivity contribution in [2.45, 2.75) is 31.8 Å². The van der Waals surface area contributed by atoms with Crippen LogP contribution in [0, 0.1) is 5.92 Å². The number of carbonyl (C=O) groups is 1. The average molecular weight is 390 g/mol. The molecule has 1 saturated heterocycles. The maximum atomic E-state index is 13.4. The third kappa shape index (κ3) is 5.59. The zero-order chi connectivity index (χ0) is 20.2. The van der Waals surface area contributed by atoms with Crippen molar-refractivity contribution in [3.63, 3.8) is 0 Å². The van der Waals surface area contributed by atoms with Gasteiger partial charge in [0, 0.05) is 19.2 Å². The second-order valence-corrected chi connectivity index (χ2v) is 6.42. The molecule has 1 heterocycles. The van der Waals surface area contributed by atoms with E-state index in [0.29, 0.717) is 0 Å². The number of aliphatic hydroxyl groups is 1. The molecular formula is C18H22F4N2O3. The van der Waals surface area contributed by atoms with Crippen LogP contribution < -0.4 is 10.1 Å². The monoisotopic (exact) mass is 390 g/mol. The lowest BCUT2D eigenvalue weighted by Crippen LogP contribution is -2.29. The Kier molecular flexibility index (Phi) is 6.69. The van der Waals surface area contributed by atoms with Gasteiger partial charge in [-0.3, -0.25) is 4.79 Å². The number of amides is 1. The summed E-state index contributed by atoms with van der Waals surface area (Å²) in [6, 6.07) is 6.03. The van der Waals surface area contributed by atoms with E-state index in [1.807, 2.05) is 0 Å². The number of allylic oxidation sites excluding steroid dienone is 1. The summed E-state index contributed by atoms with van der Waals surface area (Å²) < 4.78 is 56.7. The highest BCUT2D eigenvalue weighted by atomic mass is 19.4. The van der Waals surface area contributed by atoms with E-state index in [0.717, 1.165) is 6.92 Å². The highest BCUT2D eigenvalue weighted by molar-refractivity contribution is 5.94. The molecule has 1 aromatic carbocycles. The van der Waals surface area contributed by atoms with Crippen molar-refractivity contribution in [3.8, 4) is 5.75 Å². The minimum absolute atomic E-state index is 0.0952. The molecule has 1 fully saturated rings. The van der Waals surface area contributed by atoms with Gasteiger partial charge in [0.1, 0.15) is 18.0 Å². The third-order valence-corrected chi connectivity index (χ3v) is 4.28. The molecule has 1 aliphatic heterocycles. The lowest BCUT2D eigenvalue weighted by Gasteiger charge is -2.17. The van der Waals surface area contributed by atoms with E-state index in [1.165, 1.54) is 30.2 Å². The first-order chi connectivity index (χ1) is 12.6. The van der Waals surface area contributed by atoms with Gasteiger partial charge in [-0.05, 0) is 30.7 Å². The van der Waals surface area contributed by atoms with E-state index in [-0.39, 0.29) is 36.7 Å². The molecule has 0 aliphatic carbocycles. The summed E-state index contributed by atoms with van der Waals surface area (Å²) in [7, 11) is 1.51. The fraction of sp³-hybridized carbons (Fsp3) is 0.500. The fourth-order valence-corrected chi connectivity index (χ4v) is 2.53. The van der Waals surface area contributed by atoms with E-state index in [4.69, 9.17) is 4.74 Å². The molecule has 0 saturated carbocycles. The summed E-state index contributed by atoms with van der Waals surface area (Å²) in [4.78, 5) is 13.6. The lowest BCUT2D eigenvalue weighted by atomic mass is 10.1. The second kappa shape index (κ2) is 8.60. The predicted molar refractivity (Wildman–Crippen MR) is 90.9 cm³/mol. The topological polar surface area (TPSA) is 61.8 Å². The van der Waals surface area contributed by atoms with Gasteiger partial charge in [-0.15, -0.1) is 0 Å². The van der Waals surface area contributed by atoms with Crippen LogP contribution >= 0.6 is 0 Å². The van der Waals surface area contributed by atoms with E-state index in [2.05, 4.69) is 5.32 Å². The highest BCUT2D eigenvalue weighted by Gasteiger charge is 2.35. The zero-order valence-electron chi connectivity index (χ0n) is 15.0. The summed E-state index contributed by atoms with van der Waals surface area (Å²) in [5, 5.41) is 12.1. The Morgan fingerprint density at radius 3 is 2.70 bits per heavy atom. The Morgan fingerprint density at radius 2 is 2.15 bits per heavy atom. The van der Waals surface area contributed by atoms with Crippen LogP contribution in [0.2, 0.25) is 0 Å². The molecule has 3 atom stereocenters. The summed E-state index contributed by atoms with van der Waals surface area (Å²) in [5.41, 5.74) is 0.230. The number of aliphatic hydroxyl groups excluding tert-OH is 1. The van der Waals surface area contributed by atoms with Crippen LogP contribution in [-0.4, -0.2) is 54.5 Å². The number of likely N-dealkylation sites (tertiary alicyclic amines) is 1. The first-order valence-corrected chi connectivity index (χ1v) is 8.45. The van der Waals surface area contributed by atoms with Crippen molar-refractivity contribution in [3.05, 3.63) is 41.8 Å². The minimum atomic E-state index is -4.30. The Bertz CT molecular complexity index is 683. The van der Waals surface area contributed by atoms with Crippen LogP contribution in [0.25, 0.3) is 0 Å². The maximum Gasteiger partial charge on any atom is 0.391 e. The van der Waals surface area contributed by atoms with Crippen molar-refractivity contribution < 1.29 is 32.2 Å². The van der Waals surface area contributed by atoms with Gasteiger partial charge in [0.05, 0.1) is 12.5 Å². The zero-order valence-corrected chi connectivity index (χ0v) is 15.0. The minimum Gasteiger partial charge on any atom is -0.442 e. The first-order valence-electron chi connectivity index (χ1n) is 8.45. The standard InChI is InChI=1S/C18H22F4N2O3/c1-11(18(20,21)22)6-7-16(23-2)27-13-5-3-4-12(8-13)17(26)24-9-14(19)15(25)10-24/h3-5,7-8,11,14-15,23,25H,6,9-10H2,1-2H3/b16-7+/t11?,14-,15-/m1/s1. The van der Waals surface area contributed by atoms with Crippen LogP contribution in [0.4, 0.5) is 17.6 Å². The number of nitrogens with one attached hydrogen (secondary N) is 1. The summed E-state index contributed by atoms with van der Waals surface area (Å²) in [5.74, 6) is -1.61. The Balaban J connectivity index is 2.06. The van der Waals surface area contributed by atoms with Crippen LogP contribution in [-0.2, 0) is 0 Å². The number of carbonyl (C=O) groups excluding carboxylic acids is 1. The van der Waals surface area contributed by atoms with Crippen LogP contribution in [0.5, 0.6) is 5.75 Å². The second-order valence-electron chi connectivity index (χ2n) is 6.42. The molecule has 150 valence electrons. The maximum absolute atomic E-state index is 13.4. The van der Waals surface area contributed by atoms with E-state index in [9.17, 15) is 27.5 Å². The molecule has 0 bridgehead atoms.